The molecule has 5 nitrogen and oxygen atoms in total. The highest BCUT2D eigenvalue weighted by Crippen LogP contribution is 2.29. The summed E-state index contributed by atoms with van der Waals surface area (Å²) >= 11 is 0. The van der Waals surface area contributed by atoms with Crippen molar-refractivity contribution in [3.63, 3.8) is 0 Å². The van der Waals surface area contributed by atoms with Crippen molar-refractivity contribution < 1.29 is 18.7 Å². The minimum absolute atomic E-state index is 0.0109. The van der Waals surface area contributed by atoms with Crippen LogP contribution in [-0.4, -0.2) is 48.4 Å². The minimum atomic E-state index is -0.289. The molecule has 0 saturated carbocycles. The van der Waals surface area contributed by atoms with Crippen LogP contribution >= 0.6 is 0 Å². The summed E-state index contributed by atoms with van der Waals surface area (Å²) in [6.45, 7) is 2.62. The highest BCUT2D eigenvalue weighted by molar-refractivity contribution is 6.00. The highest BCUT2D eigenvalue weighted by Gasteiger charge is 2.33. The van der Waals surface area contributed by atoms with E-state index in [-0.39, 0.29) is 23.9 Å². The molecule has 25 heavy (non-hydrogen) atoms. The maximum Gasteiger partial charge on any atom is 0.256 e. The van der Waals surface area contributed by atoms with E-state index in [1.54, 1.807) is 24.5 Å². The van der Waals surface area contributed by atoms with Gasteiger partial charge in [-0.25, -0.2) is 4.39 Å². The summed E-state index contributed by atoms with van der Waals surface area (Å²) in [5.74, 6) is -0.0840. The van der Waals surface area contributed by atoms with E-state index in [0.29, 0.717) is 25.3 Å². The molecule has 0 aliphatic carbocycles. The number of halogens is 1. The van der Waals surface area contributed by atoms with Crippen molar-refractivity contribution in [2.24, 2.45) is 5.92 Å². The summed E-state index contributed by atoms with van der Waals surface area (Å²) < 4.78 is 24.4. The Bertz CT molecular complexity index is 737. The Hall–Kier alpha value is -2.18. The average molecular weight is 344 g/mol. The molecule has 0 radical (unpaired) electrons. The van der Waals surface area contributed by atoms with Crippen molar-refractivity contribution in [1.29, 1.82) is 0 Å². The number of ether oxygens (including phenoxy) is 2. The molecule has 0 unspecified atom stereocenters. The molecule has 6 heteroatoms. The summed E-state index contributed by atoms with van der Waals surface area (Å²) in [6, 6.07) is 6.19. The van der Waals surface area contributed by atoms with Crippen LogP contribution in [0.25, 0.3) is 11.1 Å². The normalized spacial score (nSPS) is 21.6. The zero-order valence-corrected chi connectivity index (χ0v) is 13.9. The van der Waals surface area contributed by atoms with Crippen LogP contribution < -0.4 is 0 Å². The van der Waals surface area contributed by atoms with Gasteiger partial charge in [0.2, 0.25) is 0 Å². The molecule has 2 saturated heterocycles. The Morgan fingerprint density at radius 1 is 1.16 bits per heavy atom. The van der Waals surface area contributed by atoms with Gasteiger partial charge in [0, 0.05) is 37.0 Å². The standard InChI is InChI=1S/C19H21FN2O3/c20-15-5-3-13(4-6-15)16-10-21-11-17(16)18(23)22-7-1-2-14(12-22)19-24-8-9-25-19/h3-6,10-11,14,19,21H,1-2,7-9,12H2/t14-/m0/s1. The maximum absolute atomic E-state index is 13.2. The molecule has 2 aromatic rings. The van der Waals surface area contributed by atoms with Crippen LogP contribution in [-0.2, 0) is 9.47 Å². The molecule has 1 N–H and O–H groups in total. The van der Waals surface area contributed by atoms with E-state index in [0.717, 1.165) is 30.5 Å². The van der Waals surface area contributed by atoms with Gasteiger partial charge in [0.1, 0.15) is 5.82 Å². The fourth-order valence-electron chi connectivity index (χ4n) is 3.64. The van der Waals surface area contributed by atoms with Gasteiger partial charge in [-0.05, 0) is 30.5 Å². The first-order valence-electron chi connectivity index (χ1n) is 8.67. The van der Waals surface area contributed by atoms with Crippen molar-refractivity contribution in [2.75, 3.05) is 26.3 Å². The molecule has 1 aromatic heterocycles. The number of nitrogens with zero attached hydrogens (tertiary/aromatic N) is 1. The van der Waals surface area contributed by atoms with Gasteiger partial charge in [0.25, 0.3) is 5.91 Å². The quantitative estimate of drug-likeness (QED) is 0.931. The third-order valence-electron chi connectivity index (χ3n) is 4.91. The Labute approximate surface area is 145 Å². The maximum atomic E-state index is 13.2. The zero-order chi connectivity index (χ0) is 17.2. The predicted octanol–water partition coefficient (Wildman–Crippen LogP) is 3.05. The molecule has 1 atom stereocenters. The third kappa shape index (κ3) is 3.32. The van der Waals surface area contributed by atoms with Crippen LogP contribution in [0, 0.1) is 11.7 Å². The van der Waals surface area contributed by atoms with E-state index in [2.05, 4.69) is 4.98 Å². The fourth-order valence-corrected chi connectivity index (χ4v) is 3.64. The van der Waals surface area contributed by atoms with E-state index in [1.165, 1.54) is 12.1 Å². The van der Waals surface area contributed by atoms with Gasteiger partial charge in [0.15, 0.2) is 6.29 Å². The van der Waals surface area contributed by atoms with E-state index in [4.69, 9.17) is 9.47 Å². The van der Waals surface area contributed by atoms with Crippen molar-refractivity contribution >= 4 is 5.91 Å². The number of aromatic nitrogens is 1. The van der Waals surface area contributed by atoms with Gasteiger partial charge < -0.3 is 19.4 Å². The van der Waals surface area contributed by atoms with Gasteiger partial charge in [-0.2, -0.15) is 0 Å². The van der Waals surface area contributed by atoms with Crippen LogP contribution in [0.15, 0.2) is 36.7 Å². The Morgan fingerprint density at radius 2 is 1.92 bits per heavy atom. The number of hydrogen-bond acceptors (Lipinski definition) is 3. The molecule has 132 valence electrons. The van der Waals surface area contributed by atoms with Crippen molar-refractivity contribution in [3.05, 3.63) is 48.0 Å². The highest BCUT2D eigenvalue weighted by atomic mass is 19.1. The number of benzene rings is 1. The molecule has 0 spiro atoms. The Morgan fingerprint density at radius 3 is 2.68 bits per heavy atom. The molecule has 2 aliphatic rings. The number of likely N-dealkylation sites (tertiary alicyclic amines) is 1. The number of carbonyl (C=O) groups excluding carboxylic acids is 1. The SMILES string of the molecule is O=C(c1c[nH]cc1-c1ccc(F)cc1)N1CCC[C@H](C2OCCO2)C1. The van der Waals surface area contributed by atoms with E-state index >= 15 is 0 Å². The number of hydrogen-bond donors (Lipinski definition) is 1. The second kappa shape index (κ2) is 6.98. The van der Waals surface area contributed by atoms with Gasteiger partial charge >= 0.3 is 0 Å². The van der Waals surface area contributed by atoms with E-state index in [9.17, 15) is 9.18 Å². The minimum Gasteiger partial charge on any atom is -0.366 e. The molecule has 4 rings (SSSR count). The van der Waals surface area contributed by atoms with Gasteiger partial charge in [-0.3, -0.25) is 4.79 Å². The van der Waals surface area contributed by atoms with Crippen molar-refractivity contribution in [3.8, 4) is 11.1 Å². The number of carbonyl (C=O) groups is 1. The van der Waals surface area contributed by atoms with Crippen LogP contribution in [0.3, 0.4) is 0 Å². The van der Waals surface area contributed by atoms with Crippen LogP contribution in [0.5, 0.6) is 0 Å². The van der Waals surface area contributed by atoms with Crippen LogP contribution in [0.2, 0.25) is 0 Å². The first-order valence-corrected chi connectivity index (χ1v) is 8.67. The summed E-state index contributed by atoms with van der Waals surface area (Å²) in [4.78, 5) is 17.9. The van der Waals surface area contributed by atoms with Crippen LogP contribution in [0.1, 0.15) is 23.2 Å². The lowest BCUT2D eigenvalue weighted by Crippen LogP contribution is -2.43. The Balaban J connectivity index is 1.53. The molecular formula is C19H21FN2O3. The number of amides is 1. The Kier molecular flexibility index (Phi) is 4.55. The first-order chi connectivity index (χ1) is 12.2. The smallest absolute Gasteiger partial charge is 0.256 e. The van der Waals surface area contributed by atoms with Crippen LogP contribution in [0.4, 0.5) is 4.39 Å². The van der Waals surface area contributed by atoms with Crippen molar-refractivity contribution in [1.82, 2.24) is 9.88 Å². The first kappa shape index (κ1) is 16.3. The van der Waals surface area contributed by atoms with E-state index in [1.807, 2.05) is 4.90 Å². The van der Waals surface area contributed by atoms with E-state index < -0.39 is 0 Å². The number of nitrogens with one attached hydrogen (secondary N) is 1. The molecular weight excluding hydrogens is 323 g/mol. The second-order valence-corrected chi connectivity index (χ2v) is 6.55. The number of aromatic amines is 1. The summed E-state index contributed by atoms with van der Waals surface area (Å²) in [6.07, 6.45) is 5.25. The predicted molar refractivity (Wildman–Crippen MR) is 90.5 cm³/mol. The average Bonchev–Trinajstić information content (AvgIpc) is 3.34. The number of piperidine rings is 1. The molecule has 3 heterocycles. The zero-order valence-electron chi connectivity index (χ0n) is 13.9. The van der Waals surface area contributed by atoms with Gasteiger partial charge in [0.05, 0.1) is 18.8 Å². The summed E-state index contributed by atoms with van der Waals surface area (Å²) in [5.41, 5.74) is 2.23. The lowest BCUT2D eigenvalue weighted by atomic mass is 9.96. The molecule has 1 aromatic carbocycles. The number of H-pyrrole nitrogens is 1. The summed E-state index contributed by atoms with van der Waals surface area (Å²) in [5, 5.41) is 0. The summed E-state index contributed by atoms with van der Waals surface area (Å²) in [7, 11) is 0. The lowest BCUT2D eigenvalue weighted by Gasteiger charge is -2.34. The third-order valence-corrected chi connectivity index (χ3v) is 4.91. The van der Waals surface area contributed by atoms with Crippen molar-refractivity contribution in [2.45, 2.75) is 19.1 Å². The topological polar surface area (TPSA) is 54.6 Å². The molecule has 0 bridgehead atoms. The fraction of sp³-hybridized carbons (Fsp3) is 0.421. The lowest BCUT2D eigenvalue weighted by molar-refractivity contribution is -0.0969. The molecule has 2 aliphatic heterocycles. The second-order valence-electron chi connectivity index (χ2n) is 6.55. The largest absolute Gasteiger partial charge is 0.366 e. The monoisotopic (exact) mass is 344 g/mol. The van der Waals surface area contributed by atoms with Gasteiger partial charge in [-0.15, -0.1) is 0 Å². The molecule has 2 fully saturated rings. The molecule has 1 amide bonds. The number of rotatable bonds is 3. The van der Waals surface area contributed by atoms with Gasteiger partial charge in [-0.1, -0.05) is 12.1 Å².